The summed E-state index contributed by atoms with van der Waals surface area (Å²) in [6.07, 6.45) is 0.793. The number of amides is 2. The van der Waals surface area contributed by atoms with E-state index in [9.17, 15) is 14.4 Å². The molecule has 1 heterocycles. The van der Waals surface area contributed by atoms with E-state index in [0.717, 1.165) is 0 Å². The summed E-state index contributed by atoms with van der Waals surface area (Å²) >= 11 is 0. The van der Waals surface area contributed by atoms with E-state index < -0.39 is 24.2 Å². The van der Waals surface area contributed by atoms with Gasteiger partial charge in [0.2, 0.25) is 0 Å². The van der Waals surface area contributed by atoms with E-state index in [1.54, 1.807) is 0 Å². The molecule has 0 aliphatic carbocycles. The van der Waals surface area contributed by atoms with Crippen molar-refractivity contribution in [2.24, 2.45) is 5.92 Å². The quantitative estimate of drug-likeness (QED) is 0.412. The third-order valence-electron chi connectivity index (χ3n) is 2.51. The normalized spacial score (nSPS) is 18.2. The molecule has 0 bridgehead atoms. The van der Waals surface area contributed by atoms with Gasteiger partial charge in [0.05, 0.1) is 6.61 Å². The number of carbonyl (C=O) groups is 3. The van der Waals surface area contributed by atoms with Crippen molar-refractivity contribution in [2.45, 2.75) is 39.2 Å². The fraction of sp³-hybridized carbons (Fsp3) is 0.750. The molecule has 1 fully saturated rings. The Morgan fingerprint density at radius 3 is 2.74 bits per heavy atom. The summed E-state index contributed by atoms with van der Waals surface area (Å²) < 4.78 is 9.28. The van der Waals surface area contributed by atoms with Crippen LogP contribution in [-0.4, -0.2) is 37.3 Å². The van der Waals surface area contributed by atoms with E-state index in [0.29, 0.717) is 38.3 Å². The zero-order valence-corrected chi connectivity index (χ0v) is 11.2. The second-order valence-electron chi connectivity index (χ2n) is 4.82. The van der Waals surface area contributed by atoms with Crippen molar-refractivity contribution in [1.82, 2.24) is 10.6 Å². The van der Waals surface area contributed by atoms with E-state index in [4.69, 9.17) is 4.74 Å². The Bertz CT molecular complexity index is 343. The number of nitrogens with one attached hydrogen (secondary N) is 2. The smallest absolute Gasteiger partial charge is 0.415 e. The van der Waals surface area contributed by atoms with Crippen LogP contribution in [0.25, 0.3) is 0 Å². The van der Waals surface area contributed by atoms with Crippen molar-refractivity contribution < 1.29 is 23.9 Å². The second-order valence-corrected chi connectivity index (χ2v) is 4.82. The van der Waals surface area contributed by atoms with Gasteiger partial charge < -0.3 is 20.1 Å². The maximum Gasteiger partial charge on any atom is 0.415 e. The highest BCUT2D eigenvalue weighted by Crippen LogP contribution is 2.08. The SMILES string of the molecule is CC(C)COC(=O)NCCCCC1NC(=O)OC1=O. The van der Waals surface area contributed by atoms with Crippen LogP contribution in [0, 0.1) is 5.92 Å². The highest BCUT2D eigenvalue weighted by atomic mass is 16.6. The molecule has 0 saturated carbocycles. The van der Waals surface area contributed by atoms with Gasteiger partial charge in [0, 0.05) is 6.54 Å². The summed E-state index contributed by atoms with van der Waals surface area (Å²) in [5.74, 6) is -0.225. The summed E-state index contributed by atoms with van der Waals surface area (Å²) in [6, 6.07) is -0.555. The van der Waals surface area contributed by atoms with Gasteiger partial charge in [0.1, 0.15) is 6.04 Å². The maximum atomic E-state index is 11.2. The third kappa shape index (κ3) is 6.08. The molecular weight excluding hydrogens is 252 g/mol. The van der Waals surface area contributed by atoms with Crippen molar-refractivity contribution in [3.63, 3.8) is 0 Å². The van der Waals surface area contributed by atoms with Gasteiger partial charge in [-0.05, 0) is 25.2 Å². The number of cyclic esters (lactones) is 2. The molecule has 0 spiro atoms. The lowest BCUT2D eigenvalue weighted by molar-refractivity contribution is -0.135. The van der Waals surface area contributed by atoms with Gasteiger partial charge >= 0.3 is 18.2 Å². The summed E-state index contributed by atoms with van der Waals surface area (Å²) in [5, 5.41) is 5.03. The standard InChI is InChI=1S/C12H20N2O5/c1-8(2)7-18-11(16)13-6-4-3-5-9-10(15)19-12(17)14-9/h8-9H,3-7H2,1-2H3,(H,13,16)(H,14,17). The molecule has 1 rings (SSSR count). The van der Waals surface area contributed by atoms with Crippen LogP contribution in [0.4, 0.5) is 9.59 Å². The molecular formula is C12H20N2O5. The summed E-state index contributed by atoms with van der Waals surface area (Å²) in [7, 11) is 0. The van der Waals surface area contributed by atoms with E-state index in [2.05, 4.69) is 15.4 Å². The first kappa shape index (κ1) is 15.3. The van der Waals surface area contributed by atoms with E-state index in [1.165, 1.54) is 0 Å². The van der Waals surface area contributed by atoms with Crippen molar-refractivity contribution in [2.75, 3.05) is 13.2 Å². The number of alkyl carbamates (subject to hydrolysis) is 2. The number of hydrogen-bond donors (Lipinski definition) is 2. The Hall–Kier alpha value is -1.79. The highest BCUT2D eigenvalue weighted by molar-refractivity contribution is 5.95. The minimum absolute atomic E-state index is 0.308. The van der Waals surface area contributed by atoms with Crippen molar-refractivity contribution in [3.8, 4) is 0 Å². The molecule has 108 valence electrons. The van der Waals surface area contributed by atoms with Crippen molar-refractivity contribution in [3.05, 3.63) is 0 Å². The minimum atomic E-state index is -0.689. The number of carbonyl (C=O) groups excluding carboxylic acids is 3. The third-order valence-corrected chi connectivity index (χ3v) is 2.51. The van der Waals surface area contributed by atoms with Gasteiger partial charge in [-0.25, -0.2) is 14.4 Å². The average molecular weight is 272 g/mol. The summed E-state index contributed by atoms with van der Waals surface area (Å²) in [6.45, 7) is 4.79. The van der Waals surface area contributed by atoms with Crippen LogP contribution in [0.3, 0.4) is 0 Å². The van der Waals surface area contributed by atoms with Crippen LogP contribution < -0.4 is 10.6 Å². The first-order valence-electron chi connectivity index (χ1n) is 6.42. The topological polar surface area (TPSA) is 93.7 Å². The Morgan fingerprint density at radius 2 is 2.16 bits per heavy atom. The maximum absolute atomic E-state index is 11.2. The van der Waals surface area contributed by atoms with Gasteiger partial charge in [0.25, 0.3) is 0 Å². The number of esters is 1. The Balaban J connectivity index is 2.01. The number of unbranched alkanes of at least 4 members (excludes halogenated alkanes) is 1. The monoisotopic (exact) mass is 272 g/mol. The van der Waals surface area contributed by atoms with Crippen LogP contribution in [0.15, 0.2) is 0 Å². The minimum Gasteiger partial charge on any atom is -0.449 e. The molecule has 2 N–H and O–H groups in total. The van der Waals surface area contributed by atoms with Gasteiger partial charge in [-0.2, -0.15) is 0 Å². The predicted molar refractivity (Wildman–Crippen MR) is 66.5 cm³/mol. The predicted octanol–water partition coefficient (Wildman–Crippen LogP) is 1.17. The largest absolute Gasteiger partial charge is 0.449 e. The highest BCUT2D eigenvalue weighted by Gasteiger charge is 2.31. The Labute approximate surface area is 112 Å². The number of ether oxygens (including phenoxy) is 2. The molecule has 7 nitrogen and oxygen atoms in total. The fourth-order valence-electron chi connectivity index (χ4n) is 1.54. The van der Waals surface area contributed by atoms with E-state index >= 15 is 0 Å². The van der Waals surface area contributed by atoms with Gasteiger partial charge in [-0.1, -0.05) is 13.8 Å². The van der Waals surface area contributed by atoms with Gasteiger partial charge in [-0.15, -0.1) is 0 Å². The van der Waals surface area contributed by atoms with Gasteiger partial charge in [-0.3, -0.25) is 0 Å². The lowest BCUT2D eigenvalue weighted by atomic mass is 10.1. The van der Waals surface area contributed by atoms with Crippen LogP contribution in [0.5, 0.6) is 0 Å². The lowest BCUT2D eigenvalue weighted by Crippen LogP contribution is -2.29. The molecule has 0 radical (unpaired) electrons. The molecule has 19 heavy (non-hydrogen) atoms. The van der Waals surface area contributed by atoms with E-state index in [-0.39, 0.29) is 0 Å². The van der Waals surface area contributed by atoms with Crippen LogP contribution in [-0.2, 0) is 14.3 Å². The fourth-order valence-corrected chi connectivity index (χ4v) is 1.54. The molecule has 2 amide bonds. The van der Waals surface area contributed by atoms with Crippen LogP contribution in [0.1, 0.15) is 33.1 Å². The van der Waals surface area contributed by atoms with E-state index in [1.807, 2.05) is 13.8 Å². The molecule has 1 aliphatic heterocycles. The first-order valence-corrected chi connectivity index (χ1v) is 6.42. The zero-order valence-electron chi connectivity index (χ0n) is 11.2. The molecule has 1 unspecified atom stereocenters. The Kier molecular flexibility index (Phi) is 6.11. The van der Waals surface area contributed by atoms with Crippen LogP contribution in [0.2, 0.25) is 0 Å². The molecule has 1 aliphatic rings. The molecule has 0 aromatic rings. The van der Waals surface area contributed by atoms with Crippen molar-refractivity contribution in [1.29, 1.82) is 0 Å². The Morgan fingerprint density at radius 1 is 1.42 bits per heavy atom. The van der Waals surface area contributed by atoms with Crippen LogP contribution >= 0.6 is 0 Å². The summed E-state index contributed by atoms with van der Waals surface area (Å²) in [4.78, 5) is 33.0. The molecule has 0 aromatic carbocycles. The van der Waals surface area contributed by atoms with Gasteiger partial charge in [0.15, 0.2) is 0 Å². The number of rotatable bonds is 7. The second kappa shape index (κ2) is 7.60. The molecule has 1 atom stereocenters. The van der Waals surface area contributed by atoms with Crippen molar-refractivity contribution >= 4 is 18.2 Å². The zero-order chi connectivity index (χ0) is 14.3. The molecule has 0 aromatic heterocycles. The summed E-state index contributed by atoms with van der Waals surface area (Å²) in [5.41, 5.74) is 0. The first-order chi connectivity index (χ1) is 8.99. The number of hydrogen-bond acceptors (Lipinski definition) is 5. The molecule has 1 saturated heterocycles. The average Bonchev–Trinajstić information content (AvgIpc) is 2.65. The molecule has 7 heteroatoms. The lowest BCUT2D eigenvalue weighted by Gasteiger charge is -2.09.